The Bertz CT molecular complexity index is 593. The number of aliphatic carboxylic acids is 1. The van der Waals surface area contributed by atoms with Gasteiger partial charge in [0.15, 0.2) is 0 Å². The highest BCUT2D eigenvalue weighted by atomic mass is 16.6. The number of carbonyl (C=O) groups is 2. The number of esters is 1. The molecule has 118 valence electrons. The first kappa shape index (κ1) is 17.5. The standard InChI is InChI=1S/C10H8O3.C7H12O2/c11-10(12)8-5-6-13-9-4-2-1-3-7(8)9;1-5-6(8)9-7(2,3)4/h1-5H,6H2,(H,11,12);5H,1H2,2-4H3. The molecule has 0 atom stereocenters. The highest BCUT2D eigenvalue weighted by Gasteiger charge is 2.17. The Morgan fingerprint density at radius 1 is 1.32 bits per heavy atom. The number of carbonyl (C=O) groups excluding carboxylic acids is 1. The molecule has 1 N–H and O–H groups in total. The van der Waals surface area contributed by atoms with Crippen LogP contribution in [0, 0.1) is 0 Å². The molecule has 0 aromatic heterocycles. The van der Waals surface area contributed by atoms with Crippen molar-refractivity contribution in [2.75, 3.05) is 6.61 Å². The van der Waals surface area contributed by atoms with Crippen LogP contribution < -0.4 is 4.74 Å². The van der Waals surface area contributed by atoms with Crippen LogP contribution in [0.5, 0.6) is 5.75 Å². The molecule has 0 spiro atoms. The van der Waals surface area contributed by atoms with Crippen LogP contribution in [0.4, 0.5) is 0 Å². The lowest BCUT2D eigenvalue weighted by Gasteiger charge is -2.17. The Morgan fingerprint density at radius 3 is 2.45 bits per heavy atom. The molecule has 0 aliphatic carbocycles. The SMILES string of the molecule is C=CC(=O)OC(C)(C)C.O=C(O)C1=CCOc2ccccc21. The van der Waals surface area contributed by atoms with E-state index in [4.69, 9.17) is 14.6 Å². The van der Waals surface area contributed by atoms with E-state index >= 15 is 0 Å². The number of carboxylic acid groups (broad SMARTS) is 1. The minimum Gasteiger partial charge on any atom is -0.489 e. The van der Waals surface area contributed by atoms with E-state index in [1.807, 2.05) is 26.8 Å². The van der Waals surface area contributed by atoms with Crippen LogP contribution in [0.3, 0.4) is 0 Å². The largest absolute Gasteiger partial charge is 0.489 e. The number of benzene rings is 1. The van der Waals surface area contributed by atoms with Crippen molar-refractivity contribution < 1.29 is 24.2 Å². The van der Waals surface area contributed by atoms with Crippen LogP contribution in [0.2, 0.25) is 0 Å². The fraction of sp³-hybridized carbons (Fsp3) is 0.294. The second kappa shape index (κ2) is 7.45. The summed E-state index contributed by atoms with van der Waals surface area (Å²) in [5.74, 6) is -0.638. The van der Waals surface area contributed by atoms with Gasteiger partial charge in [0.1, 0.15) is 18.0 Å². The number of carboxylic acids is 1. The smallest absolute Gasteiger partial charge is 0.336 e. The van der Waals surface area contributed by atoms with Crippen molar-refractivity contribution in [3.8, 4) is 5.75 Å². The molecule has 0 saturated heterocycles. The van der Waals surface area contributed by atoms with Crippen LogP contribution in [-0.4, -0.2) is 29.3 Å². The zero-order chi connectivity index (χ0) is 16.8. The number of para-hydroxylation sites is 1. The Hall–Kier alpha value is -2.56. The zero-order valence-electron chi connectivity index (χ0n) is 13.0. The quantitative estimate of drug-likeness (QED) is 0.671. The summed E-state index contributed by atoms with van der Waals surface area (Å²) in [7, 11) is 0. The van der Waals surface area contributed by atoms with Gasteiger partial charge in [-0.1, -0.05) is 24.8 Å². The molecule has 0 fully saturated rings. The second-order valence-corrected chi connectivity index (χ2v) is 5.47. The van der Waals surface area contributed by atoms with Crippen LogP contribution >= 0.6 is 0 Å². The zero-order valence-corrected chi connectivity index (χ0v) is 13.0. The molecular formula is C17H20O5. The first-order chi connectivity index (χ1) is 10.2. The van der Waals surface area contributed by atoms with Gasteiger partial charge in [0.25, 0.3) is 0 Å². The van der Waals surface area contributed by atoms with E-state index < -0.39 is 11.6 Å². The minimum atomic E-state index is -0.907. The molecule has 1 heterocycles. The van der Waals surface area contributed by atoms with Gasteiger partial charge in [0, 0.05) is 11.6 Å². The van der Waals surface area contributed by atoms with Gasteiger partial charge >= 0.3 is 11.9 Å². The lowest BCUT2D eigenvalue weighted by Crippen LogP contribution is -2.22. The van der Waals surface area contributed by atoms with Gasteiger partial charge < -0.3 is 14.6 Å². The number of hydrogen-bond acceptors (Lipinski definition) is 4. The van der Waals surface area contributed by atoms with E-state index in [-0.39, 0.29) is 5.97 Å². The molecule has 0 unspecified atom stereocenters. The molecule has 1 aliphatic rings. The van der Waals surface area contributed by atoms with Crippen molar-refractivity contribution in [3.63, 3.8) is 0 Å². The molecule has 2 rings (SSSR count). The molecule has 0 bridgehead atoms. The molecule has 1 aromatic rings. The van der Waals surface area contributed by atoms with Crippen LogP contribution in [0.15, 0.2) is 43.0 Å². The number of hydrogen-bond donors (Lipinski definition) is 1. The molecule has 0 radical (unpaired) electrons. The highest BCUT2D eigenvalue weighted by Crippen LogP contribution is 2.29. The minimum absolute atomic E-state index is 0.321. The van der Waals surface area contributed by atoms with Gasteiger partial charge in [-0.25, -0.2) is 9.59 Å². The predicted octanol–water partition coefficient (Wildman–Crippen LogP) is 3.06. The van der Waals surface area contributed by atoms with Crippen molar-refractivity contribution in [1.29, 1.82) is 0 Å². The van der Waals surface area contributed by atoms with Crippen molar-refractivity contribution in [2.24, 2.45) is 0 Å². The third-order valence-corrected chi connectivity index (χ3v) is 2.51. The topological polar surface area (TPSA) is 72.8 Å². The first-order valence-corrected chi connectivity index (χ1v) is 6.75. The maximum absolute atomic E-state index is 10.8. The van der Waals surface area contributed by atoms with Crippen molar-refractivity contribution in [2.45, 2.75) is 26.4 Å². The molecular weight excluding hydrogens is 284 g/mol. The van der Waals surface area contributed by atoms with Crippen LogP contribution in [0.25, 0.3) is 5.57 Å². The number of ether oxygens (including phenoxy) is 2. The van der Waals surface area contributed by atoms with Gasteiger partial charge in [0.05, 0.1) is 5.57 Å². The normalized spacial score (nSPS) is 12.6. The third-order valence-electron chi connectivity index (χ3n) is 2.51. The molecule has 5 heteroatoms. The average molecular weight is 304 g/mol. The Balaban J connectivity index is 0.000000239. The lowest BCUT2D eigenvalue weighted by atomic mass is 10.0. The van der Waals surface area contributed by atoms with Gasteiger partial charge in [0.2, 0.25) is 0 Å². The molecule has 5 nitrogen and oxygen atoms in total. The highest BCUT2D eigenvalue weighted by molar-refractivity contribution is 6.16. The molecule has 22 heavy (non-hydrogen) atoms. The van der Waals surface area contributed by atoms with Crippen molar-refractivity contribution in [3.05, 3.63) is 48.6 Å². The molecule has 1 aromatic carbocycles. The fourth-order valence-electron chi connectivity index (χ4n) is 1.69. The Kier molecular flexibility index (Phi) is 5.92. The van der Waals surface area contributed by atoms with Gasteiger partial charge in [-0.3, -0.25) is 0 Å². The van der Waals surface area contributed by atoms with Gasteiger partial charge in [-0.2, -0.15) is 0 Å². The lowest BCUT2D eigenvalue weighted by molar-refractivity contribution is -0.148. The maximum Gasteiger partial charge on any atom is 0.336 e. The van der Waals surface area contributed by atoms with Crippen molar-refractivity contribution >= 4 is 17.5 Å². The number of fused-ring (bicyclic) bond motifs is 1. The van der Waals surface area contributed by atoms with Crippen LogP contribution in [-0.2, 0) is 14.3 Å². The molecule has 0 amide bonds. The van der Waals surface area contributed by atoms with E-state index in [1.54, 1.807) is 24.3 Å². The summed E-state index contributed by atoms with van der Waals surface area (Å²) in [6.07, 6.45) is 2.73. The summed E-state index contributed by atoms with van der Waals surface area (Å²) < 4.78 is 10.1. The molecule has 0 saturated carbocycles. The van der Waals surface area contributed by atoms with E-state index in [9.17, 15) is 9.59 Å². The molecule has 1 aliphatic heterocycles. The average Bonchev–Trinajstić information content (AvgIpc) is 2.45. The number of rotatable bonds is 2. The summed E-state index contributed by atoms with van der Waals surface area (Å²) in [4.78, 5) is 21.3. The third kappa shape index (κ3) is 5.44. The van der Waals surface area contributed by atoms with Crippen LogP contribution in [0.1, 0.15) is 26.3 Å². The van der Waals surface area contributed by atoms with E-state index in [1.165, 1.54) is 0 Å². The van der Waals surface area contributed by atoms with Gasteiger partial charge in [-0.05, 0) is 32.9 Å². The van der Waals surface area contributed by atoms with E-state index in [0.29, 0.717) is 23.5 Å². The van der Waals surface area contributed by atoms with Gasteiger partial charge in [-0.15, -0.1) is 0 Å². The summed E-state index contributed by atoms with van der Waals surface area (Å²) in [5.41, 5.74) is 0.578. The maximum atomic E-state index is 10.8. The Morgan fingerprint density at radius 2 is 1.95 bits per heavy atom. The Labute approximate surface area is 129 Å². The second-order valence-electron chi connectivity index (χ2n) is 5.47. The fourth-order valence-corrected chi connectivity index (χ4v) is 1.69. The summed E-state index contributed by atoms with van der Waals surface area (Å²) in [6.45, 7) is 9.04. The summed E-state index contributed by atoms with van der Waals surface area (Å²) in [6, 6.07) is 7.13. The van der Waals surface area contributed by atoms with E-state index in [0.717, 1.165) is 6.08 Å². The monoisotopic (exact) mass is 304 g/mol. The summed E-state index contributed by atoms with van der Waals surface area (Å²) >= 11 is 0. The summed E-state index contributed by atoms with van der Waals surface area (Å²) in [5, 5.41) is 8.86. The predicted molar refractivity (Wildman–Crippen MR) is 83.6 cm³/mol. The van der Waals surface area contributed by atoms with Crippen molar-refractivity contribution in [1.82, 2.24) is 0 Å². The first-order valence-electron chi connectivity index (χ1n) is 6.75. The van der Waals surface area contributed by atoms with E-state index in [2.05, 4.69) is 6.58 Å².